The first-order valence-corrected chi connectivity index (χ1v) is 9.26. The summed E-state index contributed by atoms with van der Waals surface area (Å²) in [6.45, 7) is 1.18. The van der Waals surface area contributed by atoms with E-state index in [0.717, 1.165) is 24.5 Å². The number of hydrogen-bond acceptors (Lipinski definition) is 5. The van der Waals surface area contributed by atoms with E-state index < -0.39 is 15.9 Å². The van der Waals surface area contributed by atoms with Crippen molar-refractivity contribution < 1.29 is 13.2 Å². The second-order valence-corrected chi connectivity index (χ2v) is 7.19. The zero-order valence-electron chi connectivity index (χ0n) is 13.4. The van der Waals surface area contributed by atoms with Crippen molar-refractivity contribution in [1.82, 2.24) is 10.0 Å². The lowest BCUT2D eigenvalue weighted by molar-refractivity contribution is -0.115. The molecule has 3 N–H and O–H groups in total. The quantitative estimate of drug-likeness (QED) is 0.716. The lowest BCUT2D eigenvalue weighted by Gasteiger charge is -2.09. The number of rotatable bonds is 6. The minimum atomic E-state index is -3.71. The maximum absolute atomic E-state index is 12.1. The van der Waals surface area contributed by atoms with Gasteiger partial charge in [0.1, 0.15) is 5.84 Å². The molecule has 0 saturated heterocycles. The highest BCUT2D eigenvalue weighted by Crippen LogP contribution is 2.12. The predicted octanol–water partition coefficient (Wildman–Crippen LogP) is 0.953. The van der Waals surface area contributed by atoms with Crippen LogP contribution in [0.15, 0.2) is 64.5 Å². The number of hydrogen-bond donors (Lipinski definition) is 3. The van der Waals surface area contributed by atoms with Gasteiger partial charge in [0, 0.05) is 17.8 Å². The molecule has 0 spiro atoms. The summed E-state index contributed by atoms with van der Waals surface area (Å²) >= 11 is 0. The summed E-state index contributed by atoms with van der Waals surface area (Å²) in [5.74, 6) is 0.346. The van der Waals surface area contributed by atoms with Crippen molar-refractivity contribution in [2.75, 3.05) is 25.0 Å². The van der Waals surface area contributed by atoms with Crippen LogP contribution in [-0.4, -0.2) is 39.8 Å². The van der Waals surface area contributed by atoms with E-state index in [1.165, 1.54) is 12.1 Å². The molecule has 2 aromatic rings. The summed E-state index contributed by atoms with van der Waals surface area (Å²) in [7, 11) is -3.71. The Morgan fingerprint density at radius 2 is 1.92 bits per heavy atom. The number of sulfonamides is 1. The van der Waals surface area contributed by atoms with Crippen molar-refractivity contribution >= 4 is 27.5 Å². The molecule has 0 bridgehead atoms. The fourth-order valence-corrected chi connectivity index (χ4v) is 3.39. The number of anilines is 1. The Bertz CT molecular complexity index is 895. The predicted molar refractivity (Wildman–Crippen MR) is 96.1 cm³/mol. The summed E-state index contributed by atoms with van der Waals surface area (Å²) in [5, 5.41) is 5.84. The van der Waals surface area contributed by atoms with Crippen molar-refractivity contribution in [2.24, 2.45) is 4.99 Å². The van der Waals surface area contributed by atoms with Crippen LogP contribution in [0.1, 0.15) is 5.56 Å². The smallest absolute Gasteiger partial charge is 0.241 e. The molecule has 8 heteroatoms. The fourth-order valence-electron chi connectivity index (χ4n) is 2.38. The van der Waals surface area contributed by atoms with Crippen molar-refractivity contribution in [3.63, 3.8) is 0 Å². The van der Waals surface area contributed by atoms with Gasteiger partial charge < -0.3 is 10.6 Å². The van der Waals surface area contributed by atoms with Crippen LogP contribution in [0.2, 0.25) is 0 Å². The molecule has 7 nitrogen and oxygen atoms in total. The van der Waals surface area contributed by atoms with Crippen LogP contribution in [0.4, 0.5) is 5.69 Å². The van der Waals surface area contributed by atoms with Gasteiger partial charge >= 0.3 is 0 Å². The highest BCUT2D eigenvalue weighted by Gasteiger charge is 2.15. The van der Waals surface area contributed by atoms with Gasteiger partial charge in [0.25, 0.3) is 0 Å². The van der Waals surface area contributed by atoms with Crippen LogP contribution in [0, 0.1) is 0 Å². The fraction of sp³-hybridized carbons (Fsp3) is 0.176. The Labute approximate surface area is 146 Å². The number of nitrogens with zero attached hydrogens (tertiary/aromatic N) is 1. The van der Waals surface area contributed by atoms with Gasteiger partial charge in [-0.05, 0) is 24.3 Å². The lowest BCUT2D eigenvalue weighted by atomic mass is 10.2. The molecule has 1 amide bonds. The van der Waals surface area contributed by atoms with Crippen molar-refractivity contribution in [1.29, 1.82) is 0 Å². The molecule has 0 fully saturated rings. The van der Waals surface area contributed by atoms with Crippen LogP contribution < -0.4 is 15.4 Å². The molecule has 0 aliphatic carbocycles. The molecule has 0 aromatic heterocycles. The molecule has 130 valence electrons. The Balaban J connectivity index is 1.60. The zero-order chi connectivity index (χ0) is 17.7. The van der Waals surface area contributed by atoms with Gasteiger partial charge in [-0.1, -0.05) is 30.3 Å². The second-order valence-electron chi connectivity index (χ2n) is 5.42. The third kappa shape index (κ3) is 4.43. The number of carbonyl (C=O) groups is 1. The topological polar surface area (TPSA) is 99.7 Å². The van der Waals surface area contributed by atoms with Crippen LogP contribution in [0.5, 0.6) is 0 Å². The first-order chi connectivity index (χ1) is 12.0. The summed E-state index contributed by atoms with van der Waals surface area (Å²) in [4.78, 5) is 16.5. The van der Waals surface area contributed by atoms with Gasteiger partial charge in [0.15, 0.2) is 0 Å². The van der Waals surface area contributed by atoms with E-state index in [1.54, 1.807) is 30.3 Å². The maximum Gasteiger partial charge on any atom is 0.241 e. The van der Waals surface area contributed by atoms with E-state index in [0.29, 0.717) is 5.69 Å². The summed E-state index contributed by atoms with van der Waals surface area (Å²) < 4.78 is 26.5. The van der Waals surface area contributed by atoms with Crippen molar-refractivity contribution in [2.45, 2.75) is 4.90 Å². The number of benzene rings is 2. The number of nitrogens with one attached hydrogen (secondary N) is 3. The largest absolute Gasteiger partial charge is 0.368 e. The van der Waals surface area contributed by atoms with Crippen molar-refractivity contribution in [3.8, 4) is 0 Å². The third-order valence-corrected chi connectivity index (χ3v) is 4.99. The van der Waals surface area contributed by atoms with Gasteiger partial charge in [0.05, 0.1) is 18.0 Å². The van der Waals surface area contributed by atoms with Crippen LogP contribution in [0.25, 0.3) is 0 Å². The number of amides is 1. The number of aliphatic imine (C=N–C) groups is 1. The average Bonchev–Trinajstić information content (AvgIpc) is 3.16. The molecule has 1 aliphatic heterocycles. The monoisotopic (exact) mass is 358 g/mol. The maximum atomic E-state index is 12.1. The van der Waals surface area contributed by atoms with E-state index >= 15 is 0 Å². The van der Waals surface area contributed by atoms with Gasteiger partial charge in [0.2, 0.25) is 15.9 Å². The molecule has 1 heterocycles. The van der Waals surface area contributed by atoms with E-state index in [4.69, 9.17) is 0 Å². The summed E-state index contributed by atoms with van der Waals surface area (Å²) in [6.07, 6.45) is 0. The molecule has 0 radical (unpaired) electrons. The zero-order valence-corrected chi connectivity index (χ0v) is 14.2. The van der Waals surface area contributed by atoms with Crippen LogP contribution in [-0.2, 0) is 14.8 Å². The number of amidine groups is 1. The molecule has 0 saturated carbocycles. The molecule has 0 atom stereocenters. The molecule has 0 unspecified atom stereocenters. The molecular formula is C17H18N4O3S. The van der Waals surface area contributed by atoms with E-state index in [-0.39, 0.29) is 11.4 Å². The summed E-state index contributed by atoms with van der Waals surface area (Å²) in [5.41, 5.74) is 1.46. The first kappa shape index (κ1) is 17.1. The van der Waals surface area contributed by atoms with Crippen LogP contribution >= 0.6 is 0 Å². The van der Waals surface area contributed by atoms with Gasteiger partial charge in [-0.2, -0.15) is 0 Å². The van der Waals surface area contributed by atoms with Gasteiger partial charge in [-0.15, -0.1) is 0 Å². The summed E-state index contributed by atoms with van der Waals surface area (Å²) in [6, 6.07) is 15.1. The van der Waals surface area contributed by atoms with Gasteiger partial charge in [-0.25, -0.2) is 13.1 Å². The number of carbonyl (C=O) groups excluding carboxylic acids is 1. The van der Waals surface area contributed by atoms with Gasteiger partial charge in [-0.3, -0.25) is 9.79 Å². The highest BCUT2D eigenvalue weighted by molar-refractivity contribution is 7.89. The Kier molecular flexibility index (Phi) is 5.11. The SMILES string of the molecule is O=C(CNS(=O)(=O)c1ccccc1)Nc1cccc(C2=NCCN2)c1. The normalized spacial score (nSPS) is 13.8. The molecule has 3 rings (SSSR count). The Morgan fingerprint density at radius 3 is 2.64 bits per heavy atom. The van der Waals surface area contributed by atoms with E-state index in [2.05, 4.69) is 20.3 Å². The minimum absolute atomic E-state index is 0.120. The van der Waals surface area contributed by atoms with E-state index in [1.807, 2.05) is 12.1 Å². The standard InChI is InChI=1S/C17H18N4O3S/c22-16(12-20-25(23,24)15-7-2-1-3-8-15)21-14-6-4-5-13(11-14)17-18-9-10-19-17/h1-8,11,20H,9-10,12H2,(H,18,19)(H,21,22). The van der Waals surface area contributed by atoms with Crippen LogP contribution in [0.3, 0.4) is 0 Å². The second kappa shape index (κ2) is 7.45. The highest BCUT2D eigenvalue weighted by atomic mass is 32.2. The lowest BCUT2D eigenvalue weighted by Crippen LogP contribution is -2.33. The third-order valence-electron chi connectivity index (χ3n) is 3.57. The average molecular weight is 358 g/mol. The Morgan fingerprint density at radius 1 is 1.12 bits per heavy atom. The molecular weight excluding hydrogens is 340 g/mol. The molecule has 1 aliphatic rings. The molecule has 25 heavy (non-hydrogen) atoms. The molecule has 2 aromatic carbocycles. The van der Waals surface area contributed by atoms with Crippen molar-refractivity contribution in [3.05, 3.63) is 60.2 Å². The van der Waals surface area contributed by atoms with E-state index in [9.17, 15) is 13.2 Å². The Hall–Kier alpha value is -2.71. The minimum Gasteiger partial charge on any atom is -0.368 e. The first-order valence-electron chi connectivity index (χ1n) is 7.78.